The van der Waals surface area contributed by atoms with Crippen LogP contribution < -0.4 is 24.4 Å². The Morgan fingerprint density at radius 2 is 0.600 bits per heavy atom. The summed E-state index contributed by atoms with van der Waals surface area (Å²) in [7, 11) is 3.25. The molecule has 0 aliphatic carbocycles. The van der Waals surface area contributed by atoms with Gasteiger partial charge < -0.3 is 39.7 Å². The van der Waals surface area contributed by atoms with Crippen molar-refractivity contribution in [1.29, 1.82) is 0 Å². The minimum atomic E-state index is -1.01. The Labute approximate surface area is 896 Å². The SMILES string of the molecule is CC(C)([CH]=[W]=[N]c1c(Cl)cccc1Cl)c1ccccc1.CC(C)c1cccc(C(C)C)c1[N]=[Mo]=[CH]C(C)(C)c1ccccc1.CC(C)c1cccc(C(C)C)c1[N]=[Mo]=[CH]C(C)(C)c1ccccc1.COc1ccccc1-c1cccc(-c2ccccc2OC)c1O.Cc1ccc(C)[n-]1.Cc1ccc(C)[n-]1.Cc1ccc(C)[n-]1.Cc1cccc2cccc(-c3cccc4cccc(O)c34)c12.Oc1cccc2ccccc12. The summed E-state index contributed by atoms with van der Waals surface area (Å²) in [5.41, 5.74) is 26.3. The second kappa shape index (κ2) is 56.3. The van der Waals surface area contributed by atoms with Crippen LogP contribution in [-0.4, -0.2) is 42.7 Å². The van der Waals surface area contributed by atoms with Gasteiger partial charge in [0.25, 0.3) is 0 Å². The van der Waals surface area contributed by atoms with E-state index in [0.717, 1.165) is 101 Å². The molecule has 0 amide bonds. The maximum absolute atomic E-state index is 10.8. The van der Waals surface area contributed by atoms with Crippen molar-refractivity contribution in [3.8, 4) is 62.1 Å². The number of aryl methyl sites for hydroxylation is 7. The standard InChI is InChI=1S/C21H16O.C20H18O3.2C12H17N.C10H8O.3C10H12.C6H3Cl2N.3C6H8N.2Mo.W/c1-14-6-2-7-15-8-3-11-17(20(14)15)18-12-4-9-16-10-5-13-19(22)21(16)18;1-22-18-12-5-3-8-14(18)16-10-7-11-17(20(16)21)15-9-4-6-13-19(15)23-2;2*1-8(2)10-6-5-7-11(9(3)4)12(10)13;11-10-7-3-5-8-4-1-2-6-9(8)10;3*1-10(2,3)9-7-5-4-6-8-9;7-4-2-1-3-5(8)6(4)9;3*1-5-3-4-6(2)7-5;;;/h2-13,22H,1H3;3-13,21H,1-2H3;2*5-9H,1-4H3;1-7,11H;3*1,4-8H,2-3H3;1-3H;3*3-4H,1-2H3;;;/q;;;;;;;;;3*-1;;;. The normalized spacial score (nSPS) is 10.8. The number of para-hydroxylation sites is 3. The van der Waals surface area contributed by atoms with Gasteiger partial charge in [-0.2, -0.15) is 34.2 Å². The van der Waals surface area contributed by atoms with E-state index in [2.05, 4.69) is 299 Å². The molecule has 0 atom stereocenters. The number of ether oxygens (including phenoxy) is 2. The zero-order valence-corrected chi connectivity index (χ0v) is 96.5. The van der Waals surface area contributed by atoms with Crippen LogP contribution in [0.15, 0.2) is 374 Å². The van der Waals surface area contributed by atoms with E-state index in [4.69, 9.17) is 39.7 Å². The third kappa shape index (κ3) is 33.6. The molecule has 750 valence electrons. The first kappa shape index (κ1) is 115. The average Bonchev–Trinajstić information content (AvgIpc) is 0.891. The van der Waals surface area contributed by atoms with Crippen LogP contribution in [0.4, 0.5) is 17.1 Å². The van der Waals surface area contributed by atoms with Crippen molar-refractivity contribution in [2.45, 2.75) is 185 Å². The number of phenolic OH excluding ortho intramolecular Hbond substituents is 3. The van der Waals surface area contributed by atoms with Crippen LogP contribution in [-0.2, 0) is 70.0 Å². The Bertz CT molecular complexity index is 6930. The molecule has 16 heteroatoms. The number of nitrogens with zero attached hydrogens (tertiary/aromatic N) is 6. The molecule has 3 heterocycles. The fourth-order valence-corrected chi connectivity index (χ4v) is 23.6. The molecule has 0 aliphatic heterocycles. The fraction of sp³-hybridized carbons (Fsp3) is 0.233. The molecule has 145 heavy (non-hydrogen) atoms. The molecule has 0 saturated heterocycles. The maximum atomic E-state index is 10.8. The predicted molar refractivity (Wildman–Crippen MR) is 607 cm³/mol. The zero-order valence-electron chi connectivity index (χ0n) is 88.0. The van der Waals surface area contributed by atoms with Crippen LogP contribution in [0.5, 0.6) is 28.7 Å². The molecule has 15 aromatic carbocycles. The first-order chi connectivity index (χ1) is 69.4. The second-order valence-electron chi connectivity index (χ2n) is 38.4. The van der Waals surface area contributed by atoms with Crippen LogP contribution in [0, 0.1) is 48.5 Å². The molecule has 18 rings (SSSR count). The number of hydrogen-bond donors (Lipinski definition) is 3. The van der Waals surface area contributed by atoms with Gasteiger partial charge in [-0.3, -0.25) is 0 Å². The Morgan fingerprint density at radius 3 is 0.979 bits per heavy atom. The van der Waals surface area contributed by atoms with E-state index in [9.17, 15) is 15.3 Å². The van der Waals surface area contributed by atoms with Crippen LogP contribution in [0.25, 0.3) is 65.7 Å². The van der Waals surface area contributed by atoms with Gasteiger partial charge in [0, 0.05) is 33.0 Å². The summed E-state index contributed by atoms with van der Waals surface area (Å²) < 4.78 is 33.0. The predicted octanol–water partition coefficient (Wildman–Crippen LogP) is 35.6. The van der Waals surface area contributed by atoms with Crippen molar-refractivity contribution in [2.24, 2.45) is 10.5 Å². The van der Waals surface area contributed by atoms with Crippen molar-refractivity contribution in [1.82, 2.24) is 15.0 Å². The third-order valence-corrected chi connectivity index (χ3v) is 33.3. The molecule has 0 aliphatic rings. The summed E-state index contributed by atoms with van der Waals surface area (Å²) in [5, 5.41) is 38.2. The van der Waals surface area contributed by atoms with Gasteiger partial charge in [-0.15, -0.1) is 0 Å². The number of aromatic nitrogens is 3. The zero-order chi connectivity index (χ0) is 105. The number of halogens is 2. The van der Waals surface area contributed by atoms with Gasteiger partial charge in [-0.1, -0.05) is 236 Å². The number of fused-ring (bicyclic) bond motifs is 3. The first-order valence-corrected chi connectivity index (χ1v) is 56.9. The molecule has 0 saturated carbocycles. The molecule has 0 radical (unpaired) electrons. The van der Waals surface area contributed by atoms with Crippen molar-refractivity contribution in [2.75, 3.05) is 14.2 Å². The van der Waals surface area contributed by atoms with E-state index < -0.39 is 53.8 Å². The van der Waals surface area contributed by atoms with Gasteiger partial charge in [-0.05, 0) is 69.4 Å². The Hall–Kier alpha value is -12.4. The summed E-state index contributed by atoms with van der Waals surface area (Å²) in [6, 6.07) is 122. The van der Waals surface area contributed by atoms with Gasteiger partial charge in [-0.25, -0.2) is 0 Å². The van der Waals surface area contributed by atoms with Gasteiger partial charge in [0.05, 0.1) is 14.2 Å². The van der Waals surface area contributed by atoms with E-state index in [1.165, 1.54) is 72.2 Å². The number of methoxy groups -OCH3 is 2. The molecular formula is C129H139Cl2Mo2N6O5W-3. The number of phenols is 3. The first-order valence-electron chi connectivity index (χ1n) is 49.1. The average molecular weight is 2300 g/mol. The van der Waals surface area contributed by atoms with Crippen LogP contribution in [0.1, 0.15) is 199 Å². The molecule has 11 nitrogen and oxygen atoms in total. The minimum Gasteiger partial charge on any atom is -0.665 e. The van der Waals surface area contributed by atoms with Crippen LogP contribution in [0.3, 0.4) is 0 Å². The Balaban J connectivity index is 0.000000172. The van der Waals surface area contributed by atoms with Crippen LogP contribution >= 0.6 is 23.2 Å². The topological polar surface area (TPSA) is 159 Å². The smallest absolute Gasteiger partial charge is 0.131 e. The van der Waals surface area contributed by atoms with Gasteiger partial charge >= 0.3 is 449 Å². The molecular weight excluding hydrogens is 2160 g/mol. The quantitative estimate of drug-likeness (QED) is 0.0716. The Kier molecular flexibility index (Phi) is 44.5. The summed E-state index contributed by atoms with van der Waals surface area (Å²) in [5.74, 6) is 4.38. The van der Waals surface area contributed by atoms with E-state index in [0.29, 0.717) is 45.2 Å². The van der Waals surface area contributed by atoms with Crippen molar-refractivity contribution >= 4 is 85.8 Å². The van der Waals surface area contributed by atoms with E-state index in [1.54, 1.807) is 26.4 Å². The fourth-order valence-electron chi connectivity index (χ4n) is 16.3. The maximum Gasteiger partial charge on any atom is 0.131 e. The molecule has 0 unspecified atom stereocenters. The molecule has 3 N–H and O–H groups in total. The monoisotopic (exact) mass is 2300 g/mol. The summed E-state index contributed by atoms with van der Waals surface area (Å²) >= 11 is 10.1. The minimum absolute atomic E-state index is 0.0309. The summed E-state index contributed by atoms with van der Waals surface area (Å²) in [6.07, 6.45) is 0. The van der Waals surface area contributed by atoms with E-state index in [1.807, 2.05) is 230 Å². The van der Waals surface area contributed by atoms with E-state index >= 15 is 0 Å². The second-order valence-corrected chi connectivity index (χ2v) is 44.6. The largest absolute Gasteiger partial charge is 0.665 e. The molecule has 18 aromatic rings. The van der Waals surface area contributed by atoms with Gasteiger partial charge in [0.2, 0.25) is 0 Å². The van der Waals surface area contributed by atoms with Gasteiger partial charge in [0.15, 0.2) is 0 Å². The number of aromatic hydroxyl groups is 3. The van der Waals surface area contributed by atoms with Crippen molar-refractivity contribution in [3.63, 3.8) is 0 Å². The molecule has 0 bridgehead atoms. The number of rotatable bonds is 18. The molecule has 0 spiro atoms. The van der Waals surface area contributed by atoms with Crippen molar-refractivity contribution in [3.05, 3.63) is 453 Å². The molecule has 3 aromatic heterocycles. The summed E-state index contributed by atoms with van der Waals surface area (Å²) in [6.45, 7) is 45.8. The third-order valence-electron chi connectivity index (χ3n) is 24.3. The van der Waals surface area contributed by atoms with Gasteiger partial charge in [0.1, 0.15) is 28.7 Å². The number of benzene rings is 15. The van der Waals surface area contributed by atoms with Crippen molar-refractivity contribution < 1.29 is 78.6 Å². The number of hydrogen-bond acceptors (Lipinski definition) is 8. The van der Waals surface area contributed by atoms with Crippen LogP contribution in [0.2, 0.25) is 10.0 Å². The summed E-state index contributed by atoms with van der Waals surface area (Å²) in [4.78, 5) is 12.3. The molecule has 0 fully saturated rings. The van der Waals surface area contributed by atoms with E-state index in [-0.39, 0.29) is 22.0 Å². The Morgan fingerprint density at radius 1 is 0.303 bits per heavy atom.